The second kappa shape index (κ2) is 22.2. The molecule has 1 nitrogen and oxygen atoms in total. The number of likely N-dealkylation sites (tertiary alicyclic amines) is 1. The van der Waals surface area contributed by atoms with Crippen molar-refractivity contribution in [3.63, 3.8) is 0 Å². The van der Waals surface area contributed by atoms with Gasteiger partial charge in [0.2, 0.25) is 0 Å². The molecule has 1 saturated heterocycles. The quantitative estimate of drug-likeness (QED) is 0.255. The predicted octanol–water partition coefficient (Wildman–Crippen LogP) is 17.3. The van der Waals surface area contributed by atoms with Crippen molar-refractivity contribution in [2.45, 2.75) is 241 Å². The van der Waals surface area contributed by atoms with Crippen molar-refractivity contribution in [2.75, 3.05) is 20.1 Å². The highest BCUT2D eigenvalue weighted by atomic mass is 15.1. The fourth-order valence-electron chi connectivity index (χ4n) is 15.9. The number of hydrogen-bond donors (Lipinski definition) is 0. The molecule has 0 aromatic heterocycles. The van der Waals surface area contributed by atoms with Crippen LogP contribution < -0.4 is 0 Å². The van der Waals surface area contributed by atoms with Crippen LogP contribution in [0.5, 0.6) is 0 Å². The molecule has 1 heterocycles. The Labute approximate surface area is 376 Å². The Morgan fingerprint density at radius 3 is 1.17 bits per heavy atom. The number of hydrogen-bond acceptors (Lipinski definition) is 1. The maximum absolute atomic E-state index is 8.08. The number of piperidine rings is 1. The third-order valence-corrected chi connectivity index (χ3v) is 20.1. The lowest BCUT2D eigenvalue weighted by Crippen LogP contribution is -2.48. The molecule has 0 aromatic carbocycles. The van der Waals surface area contributed by atoms with Gasteiger partial charge in [0.15, 0.2) is 0 Å². The smallest absolute Gasteiger partial charge is 0.0301 e. The second-order valence-electron chi connectivity index (χ2n) is 25.5. The molecule has 17 rings (SSSR count). The van der Waals surface area contributed by atoms with E-state index in [-0.39, 0.29) is 17.2 Å². The number of fused-ring (bicyclic) bond motifs is 6. The highest BCUT2D eigenvalue weighted by molar-refractivity contribution is 5.01. The van der Waals surface area contributed by atoms with Crippen LogP contribution in [-0.4, -0.2) is 25.0 Å². The van der Waals surface area contributed by atoms with Crippen molar-refractivity contribution in [1.29, 1.82) is 0 Å². The highest BCUT2D eigenvalue weighted by Gasteiger charge is 2.50. The number of nitrogens with zero attached hydrogens (tertiary/aromatic N) is 1. The van der Waals surface area contributed by atoms with Gasteiger partial charge in [-0.2, -0.15) is 0 Å². The van der Waals surface area contributed by atoms with E-state index < -0.39 is 6.37 Å². The monoisotopic (exact) mass is 820 g/mol. The summed E-state index contributed by atoms with van der Waals surface area (Å²) in [5.74, 6) is 15.9. The summed E-state index contributed by atoms with van der Waals surface area (Å²) in [4.78, 5) is 2.29. The molecule has 17 aliphatic rings. The van der Waals surface area contributed by atoms with E-state index in [1.54, 1.807) is 70.6 Å². The Bertz CT molecular complexity index is 1280. The second-order valence-corrected chi connectivity index (χ2v) is 25.5. The third kappa shape index (κ3) is 13.7. The number of rotatable bonds is 1. The summed E-state index contributed by atoms with van der Waals surface area (Å²) in [6, 6.07) is 0. The van der Waals surface area contributed by atoms with Crippen molar-refractivity contribution >= 4 is 0 Å². The van der Waals surface area contributed by atoms with Crippen LogP contribution in [0.4, 0.5) is 0 Å². The molecule has 12 bridgehead atoms. The minimum absolute atomic E-state index is 0.0712. The van der Waals surface area contributed by atoms with E-state index in [4.69, 9.17) is 5.48 Å². The average Bonchev–Trinajstić information content (AvgIpc) is 3.54. The first-order valence-corrected chi connectivity index (χ1v) is 27.4. The molecule has 342 valence electrons. The Morgan fingerprint density at radius 1 is 0.441 bits per heavy atom. The topological polar surface area (TPSA) is 3.24 Å². The Hall–Kier alpha value is -0.0400. The molecule has 0 radical (unpaired) electrons. The van der Waals surface area contributed by atoms with Crippen LogP contribution >= 0.6 is 0 Å². The summed E-state index contributed by atoms with van der Waals surface area (Å²) >= 11 is 0. The van der Waals surface area contributed by atoms with Gasteiger partial charge < -0.3 is 4.90 Å². The molecule has 1 aliphatic heterocycles. The first-order chi connectivity index (χ1) is 29.7. The summed E-state index contributed by atoms with van der Waals surface area (Å²) in [6.07, 6.45) is 39.9. The molecule has 2 unspecified atom stereocenters. The van der Waals surface area contributed by atoms with Gasteiger partial charge in [0.1, 0.15) is 0 Å². The van der Waals surface area contributed by atoms with Crippen molar-refractivity contribution in [1.82, 2.24) is 4.90 Å². The van der Waals surface area contributed by atoms with Gasteiger partial charge in [0.25, 0.3) is 0 Å². The van der Waals surface area contributed by atoms with E-state index in [1.807, 2.05) is 20.8 Å². The van der Waals surface area contributed by atoms with Crippen LogP contribution in [0.1, 0.15) is 247 Å². The molecule has 59 heavy (non-hydrogen) atoms. The summed E-state index contributed by atoms with van der Waals surface area (Å²) in [6.45, 7) is 17.7. The van der Waals surface area contributed by atoms with Crippen molar-refractivity contribution < 1.29 is 5.48 Å². The maximum Gasteiger partial charge on any atom is 0.0301 e. The van der Waals surface area contributed by atoms with Gasteiger partial charge in [-0.15, -0.1) is 0 Å². The lowest BCUT2D eigenvalue weighted by molar-refractivity contribution is -0.0673. The van der Waals surface area contributed by atoms with E-state index >= 15 is 0 Å². The zero-order valence-electron chi connectivity index (χ0n) is 45.0. The lowest BCUT2D eigenvalue weighted by atomic mass is 9.49. The molecular formula is C58H105N. The minimum atomic E-state index is -0.941. The van der Waals surface area contributed by atoms with E-state index in [0.717, 1.165) is 110 Å². The zero-order valence-corrected chi connectivity index (χ0v) is 41.0. The average molecular weight is 821 g/mol. The van der Waals surface area contributed by atoms with Crippen molar-refractivity contribution in [2.24, 2.45) is 106 Å². The maximum atomic E-state index is 8.08. The molecule has 0 spiro atoms. The Morgan fingerprint density at radius 2 is 0.864 bits per heavy atom. The van der Waals surface area contributed by atoms with E-state index in [1.165, 1.54) is 108 Å². The molecule has 0 amide bonds. The van der Waals surface area contributed by atoms with E-state index in [9.17, 15) is 0 Å². The largest absolute Gasteiger partial charge is 0.306 e. The van der Waals surface area contributed by atoms with Gasteiger partial charge in [0, 0.05) is 5.48 Å². The van der Waals surface area contributed by atoms with E-state index in [2.05, 4.69) is 39.6 Å². The first kappa shape index (κ1) is 41.7. The summed E-state index contributed by atoms with van der Waals surface area (Å²) in [5.41, 5.74) is 0.0712. The Balaban J connectivity index is 0.000000112. The lowest BCUT2D eigenvalue weighted by Gasteiger charge is -2.56. The fraction of sp³-hybridized carbons (Fsp3) is 1.00. The molecular weight excluding hydrogens is 711 g/mol. The molecule has 0 N–H and O–H groups in total. The van der Waals surface area contributed by atoms with Crippen LogP contribution in [0.15, 0.2) is 0 Å². The van der Waals surface area contributed by atoms with Crippen LogP contribution in [0.25, 0.3) is 0 Å². The molecule has 16 aliphatic carbocycles. The molecule has 16 saturated carbocycles. The molecule has 0 aromatic rings. The van der Waals surface area contributed by atoms with Crippen LogP contribution in [0.3, 0.4) is 0 Å². The molecule has 3 atom stereocenters. The van der Waals surface area contributed by atoms with Gasteiger partial charge in [0.05, 0.1) is 0 Å². The minimum Gasteiger partial charge on any atom is -0.306 e. The third-order valence-electron chi connectivity index (χ3n) is 20.1. The van der Waals surface area contributed by atoms with Crippen LogP contribution in [0, 0.1) is 106 Å². The molecule has 17 fully saturated rings. The van der Waals surface area contributed by atoms with Crippen LogP contribution in [-0.2, 0) is 0 Å². The highest BCUT2D eigenvalue weighted by Crippen LogP contribution is 2.61. The zero-order chi connectivity index (χ0) is 45.2. The summed E-state index contributed by atoms with van der Waals surface area (Å²) in [7, 11) is 2.12. The fourth-order valence-corrected chi connectivity index (χ4v) is 15.9. The standard InChI is InChI=1S/C12H20.C11H20.C8H14.C7H15N.C7H12.C7H14.C6H10/c1-2-12-6-9-3-10(7-12)5-11(4-9)8-12;1-9-7-10-3-2-4-11(8-9)6-5-10;1-6-2-7-4-8(3-6)5-7;1-7-3-5-8(2)6-4-7;1-5-2-6-3-7(5)4-6;1-7-5-3-2-4-6-7;1-4-5-2-6(4)3-5/h9-11H,2-8H2,1H3;9-11H,2-8H2,1H3;6-8H,2-5H2,1H3;7H,3-6H2,1-2H3;5-7H,2-4H2,1H3;7H,2-6H2,1H3;4-6H,2-3H2,1H3/t;;;;5-,6?,7?;;/m....1../s1/i2D2;;;7D;;7D;. The predicted molar refractivity (Wildman–Crippen MR) is 257 cm³/mol. The summed E-state index contributed by atoms with van der Waals surface area (Å²) < 4.78 is 31.5. The van der Waals surface area contributed by atoms with Crippen molar-refractivity contribution in [3.05, 3.63) is 0 Å². The SMILES string of the molecule is CC1C2CC1C2.CC1CC2CC(C1)C2.CC1CC2CCCC(CC2)C1.C[C@@H]1CC2CC1C2.[2H]C([2H])(C)C12CC3CC(CC(C3)C1)C2.[2H]C1(C)CCCCC1.[2H]C1(C)CCN(C)CC1. The van der Waals surface area contributed by atoms with Crippen LogP contribution in [0.2, 0.25) is 0 Å². The Kier molecular flexibility index (Phi) is 15.7. The van der Waals surface area contributed by atoms with Gasteiger partial charge in [-0.05, 0) is 248 Å². The van der Waals surface area contributed by atoms with Gasteiger partial charge >= 0.3 is 0 Å². The van der Waals surface area contributed by atoms with E-state index in [0.29, 0.717) is 0 Å². The van der Waals surface area contributed by atoms with Gasteiger partial charge in [-0.3, -0.25) is 0 Å². The van der Waals surface area contributed by atoms with Gasteiger partial charge in [-0.1, -0.05) is 119 Å². The normalized spacial score (nSPS) is 49.0. The first-order valence-electron chi connectivity index (χ1n) is 29.4. The van der Waals surface area contributed by atoms with Gasteiger partial charge in [-0.25, -0.2) is 0 Å². The summed E-state index contributed by atoms with van der Waals surface area (Å²) in [5, 5.41) is 0. The van der Waals surface area contributed by atoms with Crippen molar-refractivity contribution in [3.8, 4) is 0 Å². The molecule has 1 heteroatoms.